The zero-order chi connectivity index (χ0) is 20.7. The molecular formula is C25H24FN3O. The average Bonchev–Trinajstić information content (AvgIpc) is 2.76. The van der Waals surface area contributed by atoms with E-state index in [4.69, 9.17) is 0 Å². The number of hydrogen-bond donors (Lipinski definition) is 2. The van der Waals surface area contributed by atoms with Gasteiger partial charge >= 0.3 is 6.03 Å². The minimum absolute atomic E-state index is 0.133. The molecule has 4 nitrogen and oxygen atoms in total. The van der Waals surface area contributed by atoms with Crippen molar-refractivity contribution in [1.82, 2.24) is 10.2 Å². The number of hydrogen-bond acceptors (Lipinski definition) is 2. The van der Waals surface area contributed by atoms with E-state index in [0.717, 1.165) is 0 Å². The maximum absolute atomic E-state index is 13.0. The quantitative estimate of drug-likeness (QED) is 0.664. The molecule has 3 aromatic rings. The Bertz CT molecular complexity index is 1050. The van der Waals surface area contributed by atoms with Crippen LogP contribution < -0.4 is 10.6 Å². The highest BCUT2D eigenvalue weighted by molar-refractivity contribution is 5.89. The van der Waals surface area contributed by atoms with E-state index < -0.39 is 0 Å². The molecule has 152 valence electrons. The molecular weight excluding hydrogens is 377 g/mol. The summed E-state index contributed by atoms with van der Waals surface area (Å²) in [4.78, 5) is 14.4. The zero-order valence-corrected chi connectivity index (χ0v) is 16.8. The first-order chi connectivity index (χ1) is 14.6. The van der Waals surface area contributed by atoms with Crippen LogP contribution in [0.1, 0.15) is 17.0 Å². The number of amides is 2. The third-order valence-corrected chi connectivity index (χ3v) is 6.16. The molecule has 3 heterocycles. The summed E-state index contributed by atoms with van der Waals surface area (Å²) in [6, 6.07) is 23.6. The Balaban J connectivity index is 1.24. The first-order valence-corrected chi connectivity index (χ1v) is 10.3. The molecule has 3 aliphatic rings. The van der Waals surface area contributed by atoms with E-state index in [-0.39, 0.29) is 23.9 Å². The van der Waals surface area contributed by atoms with Crippen LogP contribution in [0.4, 0.5) is 14.9 Å². The van der Waals surface area contributed by atoms with Gasteiger partial charge < -0.3 is 15.5 Å². The van der Waals surface area contributed by atoms with Crippen molar-refractivity contribution in [3.05, 3.63) is 89.7 Å². The SMILES string of the molecule is Cc1cccc(-c2ccc(C3[C@@H]4CN(C(=O)Nc5ccc(F)cc5)C[C@H]3N4)cc2)c1. The predicted octanol–water partition coefficient (Wildman–Crippen LogP) is 4.77. The van der Waals surface area contributed by atoms with Crippen LogP contribution in [0.15, 0.2) is 72.8 Å². The van der Waals surface area contributed by atoms with Crippen LogP contribution in [0.2, 0.25) is 0 Å². The van der Waals surface area contributed by atoms with Crippen LogP contribution in [0.5, 0.6) is 0 Å². The van der Waals surface area contributed by atoms with Gasteiger partial charge in [-0.05, 0) is 47.9 Å². The molecule has 1 unspecified atom stereocenters. The normalized spacial score (nSPS) is 22.3. The number of carbonyl (C=O) groups excluding carboxylic acids is 1. The molecule has 2 amide bonds. The van der Waals surface area contributed by atoms with Crippen LogP contribution in [0.3, 0.4) is 0 Å². The Morgan fingerprint density at radius 1 is 0.967 bits per heavy atom. The Hall–Kier alpha value is -3.18. The minimum atomic E-state index is -0.312. The summed E-state index contributed by atoms with van der Waals surface area (Å²) in [7, 11) is 0. The van der Waals surface area contributed by atoms with Crippen LogP contribution in [-0.4, -0.2) is 36.1 Å². The number of benzene rings is 3. The van der Waals surface area contributed by atoms with E-state index in [1.54, 1.807) is 12.1 Å². The molecule has 2 bridgehead atoms. The lowest BCUT2D eigenvalue weighted by Gasteiger charge is -2.54. The van der Waals surface area contributed by atoms with Gasteiger partial charge in [-0.3, -0.25) is 0 Å². The highest BCUT2D eigenvalue weighted by Gasteiger charge is 2.48. The van der Waals surface area contributed by atoms with Crippen molar-refractivity contribution in [2.45, 2.75) is 24.9 Å². The minimum Gasteiger partial charge on any atom is -0.321 e. The number of fused-ring (bicyclic) bond motifs is 2. The Morgan fingerprint density at radius 3 is 2.33 bits per heavy atom. The van der Waals surface area contributed by atoms with Crippen molar-refractivity contribution in [2.75, 3.05) is 18.4 Å². The number of nitrogens with zero attached hydrogens (tertiary/aromatic N) is 1. The fourth-order valence-corrected chi connectivity index (χ4v) is 4.61. The van der Waals surface area contributed by atoms with E-state index in [1.165, 1.54) is 34.4 Å². The summed E-state index contributed by atoms with van der Waals surface area (Å²) in [5, 5.41) is 6.42. The van der Waals surface area contributed by atoms with E-state index in [2.05, 4.69) is 66.1 Å². The van der Waals surface area contributed by atoms with Gasteiger partial charge in [0.05, 0.1) is 0 Å². The van der Waals surface area contributed by atoms with Crippen molar-refractivity contribution in [3.8, 4) is 11.1 Å². The lowest BCUT2D eigenvalue weighted by molar-refractivity contribution is 0.0759. The van der Waals surface area contributed by atoms with Gasteiger partial charge in [0.2, 0.25) is 0 Å². The summed E-state index contributed by atoms with van der Waals surface area (Å²) in [6.07, 6.45) is 0. The molecule has 0 aromatic heterocycles. The van der Waals surface area contributed by atoms with Gasteiger partial charge in [0, 0.05) is 36.8 Å². The van der Waals surface area contributed by atoms with Crippen LogP contribution in [0.25, 0.3) is 11.1 Å². The Labute approximate surface area is 175 Å². The summed E-state index contributed by atoms with van der Waals surface area (Å²) < 4.78 is 13.0. The molecule has 2 N–H and O–H groups in total. The lowest BCUT2D eigenvalue weighted by Crippen LogP contribution is -2.72. The number of halogens is 1. The summed E-state index contributed by atoms with van der Waals surface area (Å²) in [6.45, 7) is 3.43. The van der Waals surface area contributed by atoms with Crippen molar-refractivity contribution < 1.29 is 9.18 Å². The summed E-state index contributed by atoms with van der Waals surface area (Å²) in [5.74, 6) is 0.110. The second-order valence-corrected chi connectivity index (χ2v) is 8.24. The number of anilines is 1. The molecule has 30 heavy (non-hydrogen) atoms. The molecule has 6 rings (SSSR count). The van der Waals surface area contributed by atoms with Gasteiger partial charge in [-0.15, -0.1) is 0 Å². The molecule has 3 atom stereocenters. The number of aryl methyl sites for hydroxylation is 1. The van der Waals surface area contributed by atoms with Crippen molar-refractivity contribution in [1.29, 1.82) is 0 Å². The predicted molar refractivity (Wildman–Crippen MR) is 117 cm³/mol. The summed E-state index contributed by atoms with van der Waals surface area (Å²) in [5.41, 5.74) is 5.64. The average molecular weight is 401 g/mol. The van der Waals surface area contributed by atoms with Gasteiger partial charge in [-0.2, -0.15) is 0 Å². The number of rotatable bonds is 3. The highest BCUT2D eigenvalue weighted by atomic mass is 19.1. The van der Waals surface area contributed by atoms with E-state index in [9.17, 15) is 9.18 Å². The van der Waals surface area contributed by atoms with Crippen LogP contribution in [0, 0.1) is 12.7 Å². The van der Waals surface area contributed by atoms with E-state index in [1.807, 2.05) is 4.90 Å². The van der Waals surface area contributed by atoms with Gasteiger partial charge in [-0.1, -0.05) is 54.1 Å². The topological polar surface area (TPSA) is 44.4 Å². The fraction of sp³-hybridized carbons (Fsp3) is 0.240. The third-order valence-electron chi connectivity index (χ3n) is 6.16. The van der Waals surface area contributed by atoms with Crippen molar-refractivity contribution in [2.24, 2.45) is 0 Å². The first kappa shape index (κ1) is 18.8. The maximum Gasteiger partial charge on any atom is 0.321 e. The number of carbonyl (C=O) groups is 1. The van der Waals surface area contributed by atoms with Crippen LogP contribution >= 0.6 is 0 Å². The molecule has 0 spiro atoms. The van der Waals surface area contributed by atoms with Gasteiger partial charge in [0.1, 0.15) is 5.82 Å². The molecule has 0 aliphatic carbocycles. The molecule has 3 aliphatic heterocycles. The molecule has 3 aromatic carbocycles. The zero-order valence-electron chi connectivity index (χ0n) is 16.8. The largest absolute Gasteiger partial charge is 0.321 e. The Morgan fingerprint density at radius 2 is 1.67 bits per heavy atom. The monoisotopic (exact) mass is 401 g/mol. The number of piperidine rings is 1. The van der Waals surface area contributed by atoms with E-state index in [0.29, 0.717) is 24.7 Å². The number of nitrogens with one attached hydrogen (secondary N) is 2. The molecule has 5 heteroatoms. The van der Waals surface area contributed by atoms with Gasteiger partial charge in [0.15, 0.2) is 0 Å². The fourth-order valence-electron chi connectivity index (χ4n) is 4.61. The lowest BCUT2D eigenvalue weighted by atomic mass is 9.74. The van der Waals surface area contributed by atoms with Gasteiger partial charge in [0.25, 0.3) is 0 Å². The first-order valence-electron chi connectivity index (χ1n) is 10.3. The van der Waals surface area contributed by atoms with Gasteiger partial charge in [-0.25, -0.2) is 9.18 Å². The Kier molecular flexibility index (Phi) is 4.75. The smallest absolute Gasteiger partial charge is 0.321 e. The standard InChI is InChI=1S/C25H24FN3O/c1-16-3-2-4-19(13-16)17-5-7-18(8-6-17)24-22-14-29(15-23(24)28-22)25(30)27-21-11-9-20(26)10-12-21/h2-13,22-24,28H,14-15H2,1H3,(H,27,30)/t22-,23+,24?. The summed E-state index contributed by atoms with van der Waals surface area (Å²) >= 11 is 0. The van der Waals surface area contributed by atoms with Crippen LogP contribution in [-0.2, 0) is 0 Å². The number of piperazine rings is 1. The van der Waals surface area contributed by atoms with E-state index >= 15 is 0 Å². The molecule has 3 fully saturated rings. The second kappa shape index (κ2) is 7.58. The molecule has 0 radical (unpaired) electrons. The molecule has 3 saturated heterocycles. The van der Waals surface area contributed by atoms with Crippen molar-refractivity contribution >= 4 is 11.7 Å². The van der Waals surface area contributed by atoms with Crippen molar-refractivity contribution in [3.63, 3.8) is 0 Å². The molecule has 0 saturated carbocycles. The maximum atomic E-state index is 13.0. The highest BCUT2D eigenvalue weighted by Crippen LogP contribution is 2.37. The number of urea groups is 1. The second-order valence-electron chi connectivity index (χ2n) is 8.24. The third kappa shape index (κ3) is 3.57.